The summed E-state index contributed by atoms with van der Waals surface area (Å²) in [6.07, 6.45) is 19.1. The fourth-order valence-electron chi connectivity index (χ4n) is 2.32. The van der Waals surface area contributed by atoms with Crippen molar-refractivity contribution in [1.29, 1.82) is 0 Å². The zero-order valence-electron chi connectivity index (χ0n) is 15.2. The summed E-state index contributed by atoms with van der Waals surface area (Å²) in [6, 6.07) is 0. The van der Waals surface area contributed by atoms with E-state index >= 15 is 0 Å². The van der Waals surface area contributed by atoms with Gasteiger partial charge in [0.15, 0.2) is 0 Å². The van der Waals surface area contributed by atoms with Crippen molar-refractivity contribution < 1.29 is 9.53 Å². The molecule has 0 heterocycles. The average molecular weight is 311 g/mol. The first-order valence-corrected chi connectivity index (χ1v) is 9.47. The van der Waals surface area contributed by atoms with Crippen LogP contribution in [-0.4, -0.2) is 12.6 Å². The zero-order valence-corrected chi connectivity index (χ0v) is 15.2. The van der Waals surface area contributed by atoms with Gasteiger partial charge in [0.25, 0.3) is 0 Å². The fraction of sp³-hybridized carbons (Fsp3) is 0.850. The van der Waals surface area contributed by atoms with Crippen LogP contribution in [0.4, 0.5) is 0 Å². The fourth-order valence-corrected chi connectivity index (χ4v) is 2.32. The lowest BCUT2D eigenvalue weighted by molar-refractivity contribution is -0.144. The Morgan fingerprint density at radius 1 is 0.864 bits per heavy atom. The number of esters is 1. The van der Waals surface area contributed by atoms with E-state index in [0.29, 0.717) is 18.9 Å². The summed E-state index contributed by atoms with van der Waals surface area (Å²) in [6.45, 7) is 6.93. The molecule has 130 valence electrons. The standard InChI is InChI=1S/C20H38O2/c1-4-5-6-7-8-9-10-11-12-13-14-15-16-17-20(21)22-18-19(2)3/h12-13,19H,4-11,14-18H2,1-3H3/b13-12-. The first kappa shape index (κ1) is 21.2. The number of ether oxygens (including phenoxy) is 1. The predicted molar refractivity (Wildman–Crippen MR) is 96.0 cm³/mol. The molecule has 0 radical (unpaired) electrons. The van der Waals surface area contributed by atoms with Gasteiger partial charge in [-0.2, -0.15) is 0 Å². The molecule has 0 rings (SSSR count). The van der Waals surface area contributed by atoms with E-state index in [9.17, 15) is 4.79 Å². The van der Waals surface area contributed by atoms with E-state index in [0.717, 1.165) is 19.3 Å². The van der Waals surface area contributed by atoms with Crippen LogP contribution in [0.2, 0.25) is 0 Å². The molecule has 22 heavy (non-hydrogen) atoms. The van der Waals surface area contributed by atoms with Crippen molar-refractivity contribution >= 4 is 5.97 Å². The van der Waals surface area contributed by atoms with E-state index in [-0.39, 0.29) is 5.97 Å². The monoisotopic (exact) mass is 310 g/mol. The summed E-state index contributed by atoms with van der Waals surface area (Å²) in [7, 11) is 0. The summed E-state index contributed by atoms with van der Waals surface area (Å²) in [5.74, 6) is 0.388. The van der Waals surface area contributed by atoms with Gasteiger partial charge in [-0.3, -0.25) is 4.79 Å². The third-order valence-electron chi connectivity index (χ3n) is 3.72. The first-order chi connectivity index (χ1) is 10.7. The van der Waals surface area contributed by atoms with E-state index in [4.69, 9.17) is 4.74 Å². The largest absolute Gasteiger partial charge is 0.465 e. The van der Waals surface area contributed by atoms with Crippen molar-refractivity contribution in [3.05, 3.63) is 12.2 Å². The van der Waals surface area contributed by atoms with Gasteiger partial charge >= 0.3 is 5.97 Å². The molecule has 0 spiro atoms. The highest BCUT2D eigenvalue weighted by Crippen LogP contribution is 2.09. The minimum Gasteiger partial charge on any atom is -0.465 e. The molecule has 0 aliphatic carbocycles. The second kappa shape index (κ2) is 16.6. The van der Waals surface area contributed by atoms with Gasteiger partial charge in [0.05, 0.1) is 6.61 Å². The molecule has 0 saturated carbocycles. The Bertz CT molecular complexity index is 269. The number of rotatable bonds is 15. The molecule has 0 unspecified atom stereocenters. The zero-order chi connectivity index (χ0) is 16.5. The number of hydrogen-bond donors (Lipinski definition) is 0. The topological polar surface area (TPSA) is 26.3 Å². The maximum absolute atomic E-state index is 11.4. The smallest absolute Gasteiger partial charge is 0.305 e. The highest BCUT2D eigenvalue weighted by Gasteiger charge is 2.03. The Balaban J connectivity index is 3.22. The third-order valence-corrected chi connectivity index (χ3v) is 3.72. The molecule has 0 saturated heterocycles. The van der Waals surface area contributed by atoms with Gasteiger partial charge in [-0.05, 0) is 38.0 Å². The van der Waals surface area contributed by atoms with Crippen molar-refractivity contribution in [3.63, 3.8) is 0 Å². The lowest BCUT2D eigenvalue weighted by Gasteiger charge is -2.06. The van der Waals surface area contributed by atoms with Crippen LogP contribution in [0.25, 0.3) is 0 Å². The molecule has 0 atom stereocenters. The van der Waals surface area contributed by atoms with Crippen LogP contribution in [0.5, 0.6) is 0 Å². The molecule has 0 aromatic carbocycles. The molecule has 0 aliphatic heterocycles. The van der Waals surface area contributed by atoms with Gasteiger partial charge in [-0.1, -0.05) is 71.4 Å². The van der Waals surface area contributed by atoms with Gasteiger partial charge < -0.3 is 4.74 Å². The SMILES string of the molecule is CCCCCCCCC/C=C\CCCCC(=O)OCC(C)C. The number of carbonyl (C=O) groups is 1. The van der Waals surface area contributed by atoms with Gasteiger partial charge in [0, 0.05) is 6.42 Å². The van der Waals surface area contributed by atoms with Crippen molar-refractivity contribution in [3.8, 4) is 0 Å². The molecular weight excluding hydrogens is 272 g/mol. The van der Waals surface area contributed by atoms with E-state index in [1.54, 1.807) is 0 Å². The van der Waals surface area contributed by atoms with Crippen LogP contribution in [0.1, 0.15) is 97.8 Å². The van der Waals surface area contributed by atoms with E-state index < -0.39 is 0 Å². The predicted octanol–water partition coefficient (Wildman–Crippen LogP) is 6.44. The molecule has 0 amide bonds. The maximum atomic E-state index is 11.4. The maximum Gasteiger partial charge on any atom is 0.305 e. The van der Waals surface area contributed by atoms with Crippen molar-refractivity contribution in [1.82, 2.24) is 0 Å². The van der Waals surface area contributed by atoms with Crippen molar-refractivity contribution in [2.75, 3.05) is 6.61 Å². The van der Waals surface area contributed by atoms with E-state index in [1.165, 1.54) is 51.4 Å². The lowest BCUT2D eigenvalue weighted by Crippen LogP contribution is -2.09. The highest BCUT2D eigenvalue weighted by molar-refractivity contribution is 5.69. The Morgan fingerprint density at radius 2 is 1.41 bits per heavy atom. The van der Waals surface area contributed by atoms with Gasteiger partial charge in [-0.25, -0.2) is 0 Å². The molecule has 0 bridgehead atoms. The second-order valence-corrected chi connectivity index (χ2v) is 6.70. The summed E-state index contributed by atoms with van der Waals surface area (Å²) in [4.78, 5) is 11.4. The number of allylic oxidation sites excluding steroid dienone is 2. The Kier molecular flexibility index (Phi) is 16.0. The molecule has 2 heteroatoms. The molecule has 0 aromatic heterocycles. The Hall–Kier alpha value is -0.790. The van der Waals surface area contributed by atoms with Crippen LogP contribution in [0.3, 0.4) is 0 Å². The quantitative estimate of drug-likeness (QED) is 0.197. The number of hydrogen-bond acceptors (Lipinski definition) is 2. The number of carbonyl (C=O) groups excluding carboxylic acids is 1. The van der Waals surface area contributed by atoms with Crippen LogP contribution in [0.15, 0.2) is 12.2 Å². The molecule has 2 nitrogen and oxygen atoms in total. The van der Waals surface area contributed by atoms with Crippen LogP contribution in [-0.2, 0) is 9.53 Å². The van der Waals surface area contributed by atoms with Crippen LogP contribution in [0, 0.1) is 5.92 Å². The molecule has 0 aromatic rings. The average Bonchev–Trinajstić information content (AvgIpc) is 2.49. The minimum absolute atomic E-state index is 0.0410. The molecule has 0 aliphatic rings. The van der Waals surface area contributed by atoms with Crippen molar-refractivity contribution in [2.45, 2.75) is 97.8 Å². The second-order valence-electron chi connectivity index (χ2n) is 6.70. The summed E-state index contributed by atoms with van der Waals surface area (Å²) >= 11 is 0. The first-order valence-electron chi connectivity index (χ1n) is 9.47. The van der Waals surface area contributed by atoms with Gasteiger partial charge in [0.1, 0.15) is 0 Å². The molecule has 0 N–H and O–H groups in total. The summed E-state index contributed by atoms with van der Waals surface area (Å²) < 4.78 is 5.15. The summed E-state index contributed by atoms with van der Waals surface area (Å²) in [5, 5.41) is 0. The van der Waals surface area contributed by atoms with E-state index in [1.807, 2.05) is 0 Å². The van der Waals surface area contributed by atoms with Crippen molar-refractivity contribution in [2.24, 2.45) is 5.92 Å². The Labute approximate surface area is 138 Å². The van der Waals surface area contributed by atoms with E-state index in [2.05, 4.69) is 32.9 Å². The van der Waals surface area contributed by atoms with Gasteiger partial charge in [0.2, 0.25) is 0 Å². The lowest BCUT2D eigenvalue weighted by atomic mass is 10.1. The number of unbranched alkanes of at least 4 members (excludes halogenated alkanes) is 9. The van der Waals surface area contributed by atoms with Crippen LogP contribution >= 0.6 is 0 Å². The Morgan fingerprint density at radius 3 is 2.00 bits per heavy atom. The normalized spacial score (nSPS) is 11.5. The summed E-state index contributed by atoms with van der Waals surface area (Å²) in [5.41, 5.74) is 0. The van der Waals surface area contributed by atoms with Crippen LogP contribution < -0.4 is 0 Å². The molecule has 0 fully saturated rings. The van der Waals surface area contributed by atoms with Gasteiger partial charge in [-0.15, -0.1) is 0 Å². The molecular formula is C20H38O2. The highest BCUT2D eigenvalue weighted by atomic mass is 16.5. The minimum atomic E-state index is -0.0410. The third kappa shape index (κ3) is 17.3.